The number of carbonyl (C=O) groups excluding carboxylic acids is 1. The van der Waals surface area contributed by atoms with E-state index in [0.29, 0.717) is 43.3 Å². The molecule has 1 fully saturated rings. The number of carbonyl (C=O) groups is 1. The fraction of sp³-hybridized carbons (Fsp3) is 0.259. The SMILES string of the molecule is O=C(CN1CCN(c2ccccc2F)CC1)N1N=C(c2ccc(F)cc2)C[C@@H]1c1ccc(Cl)cc1. The van der Waals surface area contributed by atoms with Crippen LogP contribution in [0.1, 0.15) is 23.6 Å². The van der Waals surface area contributed by atoms with E-state index in [-0.39, 0.29) is 30.1 Å². The average Bonchev–Trinajstić information content (AvgIpc) is 3.31. The summed E-state index contributed by atoms with van der Waals surface area (Å²) >= 11 is 6.07. The summed E-state index contributed by atoms with van der Waals surface area (Å²) in [5.74, 6) is -0.659. The van der Waals surface area contributed by atoms with Crippen LogP contribution in [0.4, 0.5) is 14.5 Å². The number of nitrogens with zero attached hydrogens (tertiary/aromatic N) is 4. The van der Waals surface area contributed by atoms with Crippen LogP contribution >= 0.6 is 11.6 Å². The zero-order chi connectivity index (χ0) is 24.4. The van der Waals surface area contributed by atoms with E-state index >= 15 is 0 Å². The first-order valence-corrected chi connectivity index (χ1v) is 12.0. The summed E-state index contributed by atoms with van der Waals surface area (Å²) in [5, 5.41) is 6.84. The standard InChI is InChI=1S/C27H25ClF2N4O/c28-21-9-5-20(6-10-21)26-17-24(19-7-11-22(29)12-8-19)31-34(26)27(35)18-32-13-15-33(16-14-32)25-4-2-1-3-23(25)30/h1-12,26H,13-18H2/t26-/m1/s1. The fourth-order valence-electron chi connectivity index (χ4n) is 4.62. The van der Waals surface area contributed by atoms with Gasteiger partial charge in [-0.3, -0.25) is 9.69 Å². The van der Waals surface area contributed by atoms with Crippen LogP contribution in [0.3, 0.4) is 0 Å². The molecule has 5 nitrogen and oxygen atoms in total. The van der Waals surface area contributed by atoms with Gasteiger partial charge in [-0.2, -0.15) is 5.10 Å². The van der Waals surface area contributed by atoms with Gasteiger partial charge in [0.15, 0.2) is 0 Å². The molecule has 0 aromatic heterocycles. The lowest BCUT2D eigenvalue weighted by Crippen LogP contribution is -2.49. The minimum atomic E-state index is -0.316. The number of hydrogen-bond acceptors (Lipinski definition) is 4. The maximum atomic E-state index is 14.2. The molecule has 5 rings (SSSR count). The van der Waals surface area contributed by atoms with E-state index in [1.54, 1.807) is 41.4 Å². The van der Waals surface area contributed by atoms with Gasteiger partial charge in [0.2, 0.25) is 0 Å². The number of halogens is 3. The normalized spacial score (nSPS) is 18.6. The second kappa shape index (κ2) is 10.1. The number of anilines is 1. The molecule has 1 amide bonds. The second-order valence-corrected chi connectivity index (χ2v) is 9.21. The number of amides is 1. The molecule has 1 saturated heterocycles. The Kier molecular flexibility index (Phi) is 6.79. The molecule has 0 bridgehead atoms. The van der Waals surface area contributed by atoms with E-state index in [2.05, 4.69) is 10.0 Å². The van der Waals surface area contributed by atoms with E-state index in [4.69, 9.17) is 11.6 Å². The van der Waals surface area contributed by atoms with Crippen LogP contribution in [-0.4, -0.2) is 54.3 Å². The highest BCUT2D eigenvalue weighted by Gasteiger charge is 2.34. The van der Waals surface area contributed by atoms with Crippen molar-refractivity contribution in [3.8, 4) is 0 Å². The van der Waals surface area contributed by atoms with E-state index in [9.17, 15) is 13.6 Å². The first kappa shape index (κ1) is 23.5. The maximum Gasteiger partial charge on any atom is 0.257 e. The van der Waals surface area contributed by atoms with Crippen molar-refractivity contribution in [3.05, 3.63) is 101 Å². The van der Waals surface area contributed by atoms with Crippen molar-refractivity contribution in [1.82, 2.24) is 9.91 Å². The van der Waals surface area contributed by atoms with Crippen molar-refractivity contribution in [2.45, 2.75) is 12.5 Å². The monoisotopic (exact) mass is 494 g/mol. The maximum absolute atomic E-state index is 14.2. The molecule has 0 spiro atoms. The molecular formula is C27H25ClF2N4O. The van der Waals surface area contributed by atoms with Gasteiger partial charge in [0.1, 0.15) is 11.6 Å². The zero-order valence-corrected chi connectivity index (χ0v) is 19.8. The van der Waals surface area contributed by atoms with Crippen molar-refractivity contribution in [2.75, 3.05) is 37.6 Å². The van der Waals surface area contributed by atoms with Crippen molar-refractivity contribution in [1.29, 1.82) is 0 Å². The Balaban J connectivity index is 1.30. The minimum absolute atomic E-state index is 0.110. The predicted octanol–water partition coefficient (Wildman–Crippen LogP) is 5.12. The smallest absolute Gasteiger partial charge is 0.257 e. The Morgan fingerprint density at radius 1 is 0.914 bits per heavy atom. The Morgan fingerprint density at radius 3 is 2.29 bits per heavy atom. The molecule has 2 heterocycles. The number of hydrazone groups is 1. The number of rotatable bonds is 5. The van der Waals surface area contributed by atoms with Gasteiger partial charge in [-0.15, -0.1) is 0 Å². The molecule has 3 aromatic carbocycles. The Labute approximate surface area is 208 Å². The van der Waals surface area contributed by atoms with Gasteiger partial charge in [0.25, 0.3) is 5.91 Å². The molecule has 0 unspecified atom stereocenters. The third kappa shape index (κ3) is 5.21. The van der Waals surface area contributed by atoms with Gasteiger partial charge in [0, 0.05) is 37.6 Å². The van der Waals surface area contributed by atoms with Crippen LogP contribution in [0.15, 0.2) is 77.9 Å². The first-order chi connectivity index (χ1) is 17.0. The van der Waals surface area contributed by atoms with Crippen molar-refractivity contribution < 1.29 is 13.6 Å². The molecular weight excluding hydrogens is 470 g/mol. The van der Waals surface area contributed by atoms with Gasteiger partial charge in [-0.1, -0.05) is 48.0 Å². The summed E-state index contributed by atoms with van der Waals surface area (Å²) in [5.41, 5.74) is 3.06. The summed E-state index contributed by atoms with van der Waals surface area (Å²) in [4.78, 5) is 17.5. The zero-order valence-electron chi connectivity index (χ0n) is 19.1. The number of piperazine rings is 1. The van der Waals surface area contributed by atoms with Gasteiger partial charge < -0.3 is 4.90 Å². The quantitative estimate of drug-likeness (QED) is 0.494. The van der Waals surface area contributed by atoms with Crippen LogP contribution in [0.5, 0.6) is 0 Å². The van der Waals surface area contributed by atoms with Gasteiger partial charge in [-0.25, -0.2) is 13.8 Å². The summed E-state index contributed by atoms with van der Waals surface area (Å²) in [7, 11) is 0. The highest BCUT2D eigenvalue weighted by atomic mass is 35.5. The van der Waals surface area contributed by atoms with Crippen LogP contribution < -0.4 is 4.90 Å². The minimum Gasteiger partial charge on any atom is -0.367 e. The predicted molar refractivity (Wildman–Crippen MR) is 134 cm³/mol. The average molecular weight is 495 g/mol. The molecule has 3 aromatic rings. The van der Waals surface area contributed by atoms with Gasteiger partial charge in [-0.05, 0) is 47.5 Å². The van der Waals surface area contributed by atoms with Gasteiger partial charge >= 0.3 is 0 Å². The third-order valence-corrected chi connectivity index (χ3v) is 6.77. The highest BCUT2D eigenvalue weighted by molar-refractivity contribution is 6.30. The lowest BCUT2D eigenvalue weighted by Gasteiger charge is -2.36. The van der Waals surface area contributed by atoms with Crippen LogP contribution in [-0.2, 0) is 4.79 Å². The number of benzene rings is 3. The van der Waals surface area contributed by atoms with E-state index in [1.165, 1.54) is 18.2 Å². The van der Waals surface area contributed by atoms with Crippen LogP contribution in [0.25, 0.3) is 0 Å². The molecule has 2 aliphatic heterocycles. The van der Waals surface area contributed by atoms with Crippen molar-refractivity contribution in [3.63, 3.8) is 0 Å². The fourth-order valence-corrected chi connectivity index (χ4v) is 4.75. The molecule has 180 valence electrons. The Bertz CT molecular complexity index is 1220. The second-order valence-electron chi connectivity index (χ2n) is 8.78. The molecule has 0 saturated carbocycles. The van der Waals surface area contributed by atoms with Crippen LogP contribution in [0.2, 0.25) is 5.02 Å². The van der Waals surface area contributed by atoms with E-state index in [1.807, 2.05) is 23.1 Å². The molecule has 35 heavy (non-hydrogen) atoms. The van der Waals surface area contributed by atoms with Crippen molar-refractivity contribution in [2.24, 2.45) is 5.10 Å². The molecule has 0 radical (unpaired) electrons. The Morgan fingerprint density at radius 2 is 1.60 bits per heavy atom. The Hall–Kier alpha value is -3.29. The first-order valence-electron chi connectivity index (χ1n) is 11.6. The van der Waals surface area contributed by atoms with E-state index < -0.39 is 0 Å². The van der Waals surface area contributed by atoms with Crippen molar-refractivity contribution >= 4 is 28.9 Å². The van der Waals surface area contributed by atoms with Crippen LogP contribution in [0, 0.1) is 11.6 Å². The van der Waals surface area contributed by atoms with E-state index in [0.717, 1.165) is 16.8 Å². The lowest BCUT2D eigenvalue weighted by atomic mass is 9.98. The molecule has 2 aliphatic rings. The molecule has 8 heteroatoms. The summed E-state index contributed by atoms with van der Waals surface area (Å²) in [6.07, 6.45) is 0.528. The largest absolute Gasteiger partial charge is 0.367 e. The number of hydrogen-bond donors (Lipinski definition) is 0. The highest BCUT2D eigenvalue weighted by Crippen LogP contribution is 2.33. The molecule has 0 N–H and O–H groups in total. The molecule has 0 aliphatic carbocycles. The van der Waals surface area contributed by atoms with Gasteiger partial charge in [0.05, 0.1) is 24.0 Å². The summed E-state index contributed by atoms with van der Waals surface area (Å²) < 4.78 is 27.6. The third-order valence-electron chi connectivity index (χ3n) is 6.52. The topological polar surface area (TPSA) is 39.2 Å². The number of para-hydroxylation sites is 1. The molecule has 1 atom stereocenters. The lowest BCUT2D eigenvalue weighted by molar-refractivity contribution is -0.134. The summed E-state index contributed by atoms with van der Waals surface area (Å²) in [6, 6.07) is 20.1. The summed E-state index contributed by atoms with van der Waals surface area (Å²) in [6.45, 7) is 2.79.